The first-order valence-electron chi connectivity index (χ1n) is 9.25. The second kappa shape index (κ2) is 9.88. The van der Waals surface area contributed by atoms with Gasteiger partial charge >= 0.3 is 0 Å². The lowest BCUT2D eigenvalue weighted by atomic mass is 9.98. The Morgan fingerprint density at radius 1 is 1.21 bits per heavy atom. The Labute approximate surface area is 181 Å². The number of nitrogens with zero attached hydrogens (tertiary/aromatic N) is 1. The molecule has 0 saturated carbocycles. The molecule has 0 saturated heterocycles. The van der Waals surface area contributed by atoms with Crippen molar-refractivity contribution < 1.29 is 9.59 Å². The van der Waals surface area contributed by atoms with Crippen molar-refractivity contribution in [3.8, 4) is 0 Å². The molecule has 0 unspecified atom stereocenters. The lowest BCUT2D eigenvalue weighted by Crippen LogP contribution is -2.33. The Morgan fingerprint density at radius 3 is 2.50 bits per heavy atom. The van der Waals surface area contributed by atoms with E-state index in [0.717, 1.165) is 42.1 Å². The molecule has 7 heteroatoms. The summed E-state index contributed by atoms with van der Waals surface area (Å²) in [5.41, 5.74) is 8.24. The van der Waals surface area contributed by atoms with E-state index in [1.165, 1.54) is 4.88 Å². The summed E-state index contributed by atoms with van der Waals surface area (Å²) in [6.45, 7) is 7.22. The van der Waals surface area contributed by atoms with E-state index in [0.29, 0.717) is 22.9 Å². The van der Waals surface area contributed by atoms with Crippen LogP contribution in [0.25, 0.3) is 0 Å². The van der Waals surface area contributed by atoms with Gasteiger partial charge < -0.3 is 5.73 Å². The van der Waals surface area contributed by atoms with E-state index in [9.17, 15) is 9.59 Å². The number of Topliss-reactive ketones (excluding diaryl/α,β-unsaturated/α-hetero) is 1. The fraction of sp³-hybridized carbons (Fsp3) is 0.429. The molecular formula is C21H26Cl2N2O2S. The van der Waals surface area contributed by atoms with Crippen molar-refractivity contribution >= 4 is 47.0 Å². The Kier molecular flexibility index (Phi) is 8.07. The van der Waals surface area contributed by atoms with Crippen LogP contribution in [0.15, 0.2) is 24.3 Å². The van der Waals surface area contributed by atoms with Gasteiger partial charge in [-0.05, 0) is 35.6 Å². The molecule has 2 aromatic rings. The van der Waals surface area contributed by atoms with E-state index in [4.69, 9.17) is 17.3 Å². The molecule has 0 fully saturated rings. The van der Waals surface area contributed by atoms with Gasteiger partial charge in [-0.2, -0.15) is 0 Å². The van der Waals surface area contributed by atoms with Gasteiger partial charge in [0, 0.05) is 47.3 Å². The minimum Gasteiger partial charge on any atom is -0.366 e. The van der Waals surface area contributed by atoms with E-state index in [-0.39, 0.29) is 24.6 Å². The Hall–Kier alpha value is -1.40. The van der Waals surface area contributed by atoms with Gasteiger partial charge in [0.05, 0.1) is 5.56 Å². The smallest absolute Gasteiger partial charge is 0.250 e. The summed E-state index contributed by atoms with van der Waals surface area (Å²) in [6.07, 6.45) is 1.41. The van der Waals surface area contributed by atoms with Gasteiger partial charge in [0.25, 0.3) is 0 Å². The van der Waals surface area contributed by atoms with Crippen LogP contribution in [0.2, 0.25) is 5.02 Å². The molecule has 2 N–H and O–H groups in total. The van der Waals surface area contributed by atoms with Crippen molar-refractivity contribution in [2.24, 2.45) is 11.7 Å². The molecule has 4 nitrogen and oxygen atoms in total. The number of carbonyl (C=O) groups is 2. The molecule has 0 spiro atoms. The molecular weight excluding hydrogens is 415 g/mol. The zero-order chi connectivity index (χ0) is 19.6. The predicted molar refractivity (Wildman–Crippen MR) is 118 cm³/mol. The molecule has 1 aliphatic heterocycles. The maximum Gasteiger partial charge on any atom is 0.250 e. The maximum absolute atomic E-state index is 12.6. The third-order valence-electron chi connectivity index (χ3n) is 4.75. The van der Waals surface area contributed by atoms with Gasteiger partial charge in [-0.3, -0.25) is 14.5 Å². The standard InChI is InChI=1S/C21H25ClN2O2S.ClH/c1-13(2)11-24-8-7-17-19(12-24)27-18(20(17)21(23)26)10-16(25)9-14-3-5-15(22)6-4-14;/h3-6,13H,7-12H2,1-2H3,(H2,23,26);1H. The van der Waals surface area contributed by atoms with Crippen molar-refractivity contribution in [3.63, 3.8) is 0 Å². The maximum atomic E-state index is 12.6. The monoisotopic (exact) mass is 440 g/mol. The van der Waals surface area contributed by atoms with Crippen LogP contribution in [0.3, 0.4) is 0 Å². The van der Waals surface area contributed by atoms with Gasteiger partial charge in [-0.15, -0.1) is 23.7 Å². The number of nitrogens with two attached hydrogens (primary N) is 1. The molecule has 0 bridgehead atoms. The van der Waals surface area contributed by atoms with E-state index >= 15 is 0 Å². The van der Waals surface area contributed by atoms with E-state index in [2.05, 4.69) is 18.7 Å². The first-order valence-corrected chi connectivity index (χ1v) is 10.4. The average molecular weight is 441 g/mol. The number of carbonyl (C=O) groups excluding carboxylic acids is 2. The van der Waals surface area contributed by atoms with Crippen LogP contribution in [-0.4, -0.2) is 29.7 Å². The summed E-state index contributed by atoms with van der Waals surface area (Å²) in [4.78, 5) is 29.1. The Morgan fingerprint density at radius 2 is 1.89 bits per heavy atom. The van der Waals surface area contributed by atoms with Gasteiger partial charge in [-0.25, -0.2) is 0 Å². The van der Waals surface area contributed by atoms with Crippen LogP contribution >= 0.6 is 35.3 Å². The summed E-state index contributed by atoms with van der Waals surface area (Å²) < 4.78 is 0. The lowest BCUT2D eigenvalue weighted by Gasteiger charge is -2.28. The van der Waals surface area contributed by atoms with Crippen molar-refractivity contribution in [1.82, 2.24) is 4.90 Å². The summed E-state index contributed by atoms with van der Waals surface area (Å²) in [5.74, 6) is 0.263. The number of benzene rings is 1. The van der Waals surface area contributed by atoms with E-state index < -0.39 is 5.91 Å². The third kappa shape index (κ3) is 5.57. The summed E-state index contributed by atoms with van der Waals surface area (Å²) >= 11 is 7.47. The number of fused-ring (bicyclic) bond motifs is 1. The van der Waals surface area contributed by atoms with Crippen molar-refractivity contribution in [2.75, 3.05) is 13.1 Å². The van der Waals surface area contributed by atoms with Gasteiger partial charge in [0.15, 0.2) is 0 Å². The molecule has 1 aliphatic rings. The molecule has 152 valence electrons. The lowest BCUT2D eigenvalue weighted by molar-refractivity contribution is -0.117. The van der Waals surface area contributed by atoms with E-state index in [1.807, 2.05) is 12.1 Å². The highest BCUT2D eigenvalue weighted by atomic mass is 35.5. The number of hydrogen-bond acceptors (Lipinski definition) is 4. The highest BCUT2D eigenvalue weighted by molar-refractivity contribution is 7.12. The van der Waals surface area contributed by atoms with Crippen LogP contribution in [0, 0.1) is 5.92 Å². The number of amides is 1. The molecule has 28 heavy (non-hydrogen) atoms. The van der Waals surface area contributed by atoms with Crippen molar-refractivity contribution in [1.29, 1.82) is 0 Å². The quantitative estimate of drug-likeness (QED) is 0.697. The highest BCUT2D eigenvalue weighted by Gasteiger charge is 2.27. The first-order chi connectivity index (χ1) is 12.8. The number of rotatable bonds is 7. The fourth-order valence-corrected chi connectivity index (χ4v) is 5.22. The van der Waals surface area contributed by atoms with Crippen LogP contribution in [-0.2, 0) is 30.6 Å². The number of primary amides is 1. The molecule has 1 aromatic heterocycles. The van der Waals surface area contributed by atoms with Crippen LogP contribution in [0.5, 0.6) is 0 Å². The van der Waals surface area contributed by atoms with Gasteiger partial charge in [0.2, 0.25) is 5.91 Å². The van der Waals surface area contributed by atoms with Crippen LogP contribution in [0.4, 0.5) is 0 Å². The van der Waals surface area contributed by atoms with Crippen molar-refractivity contribution in [3.05, 3.63) is 55.7 Å². The number of thiophene rings is 1. The molecule has 1 amide bonds. The second-order valence-electron chi connectivity index (χ2n) is 7.56. The summed E-state index contributed by atoms with van der Waals surface area (Å²) in [6, 6.07) is 7.29. The SMILES string of the molecule is CC(C)CN1CCc2c(sc(CC(=O)Cc3ccc(Cl)cc3)c2C(N)=O)C1.Cl. The normalized spacial score (nSPS) is 13.9. The number of ketones is 1. The summed E-state index contributed by atoms with van der Waals surface area (Å²) in [7, 11) is 0. The molecule has 1 aromatic carbocycles. The number of hydrogen-bond donors (Lipinski definition) is 1. The molecule has 2 heterocycles. The zero-order valence-corrected chi connectivity index (χ0v) is 18.6. The van der Waals surface area contributed by atoms with Gasteiger partial charge in [0.1, 0.15) is 5.78 Å². The van der Waals surface area contributed by atoms with E-state index in [1.54, 1.807) is 23.5 Å². The second-order valence-corrected chi connectivity index (χ2v) is 9.19. The minimum absolute atomic E-state index is 0. The molecule has 3 rings (SSSR count). The van der Waals surface area contributed by atoms with Crippen LogP contribution in [0.1, 0.15) is 45.1 Å². The Balaban J connectivity index is 0.00000280. The van der Waals surface area contributed by atoms with Crippen LogP contribution < -0.4 is 5.73 Å². The topological polar surface area (TPSA) is 63.4 Å². The summed E-state index contributed by atoms with van der Waals surface area (Å²) in [5, 5.41) is 0.652. The molecule has 0 aliphatic carbocycles. The Bertz CT molecular complexity index is 847. The fourth-order valence-electron chi connectivity index (χ4n) is 3.67. The zero-order valence-electron chi connectivity index (χ0n) is 16.2. The van der Waals surface area contributed by atoms with Crippen molar-refractivity contribution in [2.45, 2.75) is 39.7 Å². The molecule has 0 atom stereocenters. The molecule has 0 radical (unpaired) electrons. The highest BCUT2D eigenvalue weighted by Crippen LogP contribution is 2.34. The predicted octanol–water partition coefficient (Wildman–Crippen LogP) is 4.29. The first kappa shape index (κ1) is 22.9. The average Bonchev–Trinajstić information content (AvgIpc) is 2.93. The van der Waals surface area contributed by atoms with Gasteiger partial charge in [-0.1, -0.05) is 37.6 Å². The number of halogens is 2. The largest absolute Gasteiger partial charge is 0.366 e. The minimum atomic E-state index is -0.417. The third-order valence-corrected chi connectivity index (χ3v) is 6.22.